The number of halogens is 3. The van der Waals surface area contributed by atoms with E-state index in [-0.39, 0.29) is 11.5 Å². The summed E-state index contributed by atoms with van der Waals surface area (Å²) >= 11 is 0. The Labute approximate surface area is 124 Å². The van der Waals surface area contributed by atoms with E-state index >= 15 is 0 Å². The Bertz CT molecular complexity index is 461. The molecule has 1 aromatic rings. The molecule has 4 heteroatoms. The number of hydrogen-bond donors (Lipinski definition) is 1. The van der Waals surface area contributed by atoms with E-state index in [0.717, 1.165) is 37.4 Å². The van der Waals surface area contributed by atoms with Crippen molar-refractivity contribution >= 4 is 0 Å². The van der Waals surface area contributed by atoms with Crippen LogP contribution in [0.2, 0.25) is 0 Å². The van der Waals surface area contributed by atoms with Gasteiger partial charge in [0.1, 0.15) is 0 Å². The van der Waals surface area contributed by atoms with Crippen LogP contribution in [0, 0.1) is 5.41 Å². The van der Waals surface area contributed by atoms with Crippen LogP contribution in [0.5, 0.6) is 0 Å². The van der Waals surface area contributed by atoms with E-state index in [1.54, 1.807) is 0 Å². The predicted molar refractivity (Wildman–Crippen MR) is 79.1 cm³/mol. The SMILES string of the molecule is CCCNC(c1cccc(C(F)(F)F)c1)C1(C)CCCC1. The van der Waals surface area contributed by atoms with Crippen molar-refractivity contribution in [3.05, 3.63) is 35.4 Å². The number of alkyl halides is 3. The van der Waals surface area contributed by atoms with Crippen LogP contribution in [0.3, 0.4) is 0 Å². The zero-order valence-corrected chi connectivity index (χ0v) is 12.8. The summed E-state index contributed by atoms with van der Waals surface area (Å²) in [5.74, 6) is 0. The average molecular weight is 299 g/mol. The monoisotopic (exact) mass is 299 g/mol. The molecule has 1 atom stereocenters. The second-order valence-electron chi connectivity index (χ2n) is 6.37. The molecule has 0 radical (unpaired) electrons. The molecule has 1 fully saturated rings. The first-order chi connectivity index (χ1) is 9.87. The fourth-order valence-corrected chi connectivity index (χ4v) is 3.42. The number of rotatable bonds is 5. The standard InChI is InChI=1S/C17H24F3N/c1-3-11-21-15(16(2)9-4-5-10-16)13-7-6-8-14(12-13)17(18,19)20/h6-8,12,15,21H,3-5,9-11H2,1-2H3. The van der Waals surface area contributed by atoms with Crippen LogP contribution in [0.15, 0.2) is 24.3 Å². The van der Waals surface area contributed by atoms with Crippen LogP contribution >= 0.6 is 0 Å². The Morgan fingerprint density at radius 2 is 1.90 bits per heavy atom. The molecule has 0 aliphatic heterocycles. The highest BCUT2D eigenvalue weighted by Crippen LogP contribution is 2.47. The molecule has 0 heterocycles. The lowest BCUT2D eigenvalue weighted by atomic mass is 9.77. The topological polar surface area (TPSA) is 12.0 Å². The van der Waals surface area contributed by atoms with E-state index in [2.05, 4.69) is 19.2 Å². The maximum Gasteiger partial charge on any atom is 0.416 e. The third kappa shape index (κ3) is 3.79. The van der Waals surface area contributed by atoms with Gasteiger partial charge in [-0.25, -0.2) is 0 Å². The van der Waals surface area contributed by atoms with E-state index in [1.807, 2.05) is 6.07 Å². The molecule has 1 saturated carbocycles. The molecule has 1 aliphatic rings. The van der Waals surface area contributed by atoms with Crippen LogP contribution in [-0.4, -0.2) is 6.54 Å². The van der Waals surface area contributed by atoms with Gasteiger partial charge in [-0.05, 0) is 48.9 Å². The number of nitrogens with one attached hydrogen (secondary N) is 1. The Balaban J connectivity index is 2.32. The van der Waals surface area contributed by atoms with Gasteiger partial charge in [-0.15, -0.1) is 0 Å². The number of hydrogen-bond acceptors (Lipinski definition) is 1. The van der Waals surface area contributed by atoms with Crippen molar-refractivity contribution < 1.29 is 13.2 Å². The summed E-state index contributed by atoms with van der Waals surface area (Å²) in [7, 11) is 0. The van der Waals surface area contributed by atoms with Gasteiger partial charge in [-0.1, -0.05) is 38.8 Å². The zero-order valence-electron chi connectivity index (χ0n) is 12.8. The van der Waals surface area contributed by atoms with Gasteiger partial charge in [0.25, 0.3) is 0 Å². The van der Waals surface area contributed by atoms with Crippen LogP contribution in [0.1, 0.15) is 63.1 Å². The summed E-state index contributed by atoms with van der Waals surface area (Å²) in [4.78, 5) is 0. The summed E-state index contributed by atoms with van der Waals surface area (Å²) < 4.78 is 38.8. The fourth-order valence-electron chi connectivity index (χ4n) is 3.42. The molecule has 118 valence electrons. The van der Waals surface area contributed by atoms with Gasteiger partial charge in [-0.3, -0.25) is 0 Å². The first-order valence-corrected chi connectivity index (χ1v) is 7.77. The molecule has 1 N–H and O–H groups in total. The van der Waals surface area contributed by atoms with Crippen LogP contribution < -0.4 is 5.32 Å². The molecular formula is C17H24F3N. The van der Waals surface area contributed by atoms with E-state index in [4.69, 9.17) is 0 Å². The Hall–Kier alpha value is -1.03. The predicted octanol–water partition coefficient (Wildman–Crippen LogP) is 5.33. The first-order valence-electron chi connectivity index (χ1n) is 7.77. The van der Waals surface area contributed by atoms with Gasteiger partial charge in [0.15, 0.2) is 0 Å². The molecule has 0 spiro atoms. The van der Waals surface area contributed by atoms with Gasteiger partial charge in [0.2, 0.25) is 0 Å². The molecular weight excluding hydrogens is 275 g/mol. The molecule has 0 aromatic heterocycles. The van der Waals surface area contributed by atoms with Gasteiger partial charge in [0.05, 0.1) is 5.56 Å². The van der Waals surface area contributed by atoms with Crippen molar-refractivity contribution in [3.63, 3.8) is 0 Å². The first kappa shape index (κ1) is 16.3. The maximum atomic E-state index is 12.9. The Kier molecular flexibility index (Phi) is 4.97. The maximum absolute atomic E-state index is 12.9. The second kappa shape index (κ2) is 6.39. The van der Waals surface area contributed by atoms with Gasteiger partial charge in [-0.2, -0.15) is 13.2 Å². The van der Waals surface area contributed by atoms with Crippen molar-refractivity contribution in [3.8, 4) is 0 Å². The van der Waals surface area contributed by atoms with Gasteiger partial charge < -0.3 is 5.32 Å². The largest absolute Gasteiger partial charge is 0.416 e. The van der Waals surface area contributed by atoms with Gasteiger partial charge >= 0.3 is 6.18 Å². The van der Waals surface area contributed by atoms with Crippen molar-refractivity contribution in [1.29, 1.82) is 0 Å². The molecule has 1 aliphatic carbocycles. The third-order valence-electron chi connectivity index (χ3n) is 4.59. The molecule has 1 nitrogen and oxygen atoms in total. The molecule has 21 heavy (non-hydrogen) atoms. The summed E-state index contributed by atoms with van der Waals surface area (Å²) in [6, 6.07) is 5.82. The zero-order chi connectivity index (χ0) is 15.5. The molecule has 2 rings (SSSR count). The molecule has 1 unspecified atom stereocenters. The quantitative estimate of drug-likeness (QED) is 0.775. The Morgan fingerprint density at radius 1 is 1.24 bits per heavy atom. The minimum absolute atomic E-state index is 0.00208. The molecule has 1 aromatic carbocycles. The minimum atomic E-state index is -4.28. The highest BCUT2D eigenvalue weighted by atomic mass is 19.4. The summed E-state index contributed by atoms with van der Waals surface area (Å²) in [5, 5.41) is 3.48. The van der Waals surface area contributed by atoms with Crippen molar-refractivity contribution in [2.24, 2.45) is 5.41 Å². The Morgan fingerprint density at radius 3 is 2.48 bits per heavy atom. The van der Waals surface area contributed by atoms with E-state index in [1.165, 1.54) is 25.0 Å². The van der Waals surface area contributed by atoms with Crippen molar-refractivity contribution in [2.45, 2.75) is 58.2 Å². The van der Waals surface area contributed by atoms with Crippen LogP contribution in [-0.2, 0) is 6.18 Å². The fraction of sp³-hybridized carbons (Fsp3) is 0.647. The van der Waals surface area contributed by atoms with E-state index in [0.29, 0.717) is 0 Å². The lowest BCUT2D eigenvalue weighted by Gasteiger charge is -2.35. The average Bonchev–Trinajstić information content (AvgIpc) is 2.86. The summed E-state index contributed by atoms with van der Waals surface area (Å²) in [6.45, 7) is 5.11. The summed E-state index contributed by atoms with van der Waals surface area (Å²) in [5.41, 5.74) is 0.270. The van der Waals surface area contributed by atoms with Crippen LogP contribution in [0.25, 0.3) is 0 Å². The smallest absolute Gasteiger partial charge is 0.309 e. The second-order valence-corrected chi connectivity index (χ2v) is 6.37. The highest BCUT2D eigenvalue weighted by Gasteiger charge is 2.38. The van der Waals surface area contributed by atoms with Crippen LogP contribution in [0.4, 0.5) is 13.2 Å². The lowest BCUT2D eigenvalue weighted by molar-refractivity contribution is -0.137. The normalized spacial score (nSPS) is 19.7. The summed E-state index contributed by atoms with van der Waals surface area (Å²) in [6.07, 6.45) is 1.18. The minimum Gasteiger partial charge on any atom is -0.309 e. The van der Waals surface area contributed by atoms with Crippen molar-refractivity contribution in [1.82, 2.24) is 5.32 Å². The highest BCUT2D eigenvalue weighted by molar-refractivity contribution is 5.29. The van der Waals surface area contributed by atoms with Gasteiger partial charge in [0, 0.05) is 6.04 Å². The number of benzene rings is 1. The van der Waals surface area contributed by atoms with E-state index in [9.17, 15) is 13.2 Å². The van der Waals surface area contributed by atoms with E-state index < -0.39 is 11.7 Å². The van der Waals surface area contributed by atoms with Crippen molar-refractivity contribution in [2.75, 3.05) is 6.54 Å². The molecule has 0 amide bonds. The lowest BCUT2D eigenvalue weighted by Crippen LogP contribution is -2.35. The molecule has 0 bridgehead atoms. The molecule has 0 saturated heterocycles. The third-order valence-corrected chi connectivity index (χ3v) is 4.59.